The van der Waals surface area contributed by atoms with E-state index in [0.29, 0.717) is 37.0 Å². The van der Waals surface area contributed by atoms with Gasteiger partial charge in [-0.25, -0.2) is 13.2 Å². The van der Waals surface area contributed by atoms with Crippen molar-refractivity contribution >= 4 is 27.7 Å². The van der Waals surface area contributed by atoms with E-state index in [9.17, 15) is 27.9 Å². The van der Waals surface area contributed by atoms with Crippen molar-refractivity contribution in [3.63, 3.8) is 0 Å². The predicted molar refractivity (Wildman–Crippen MR) is 142 cm³/mol. The van der Waals surface area contributed by atoms with Crippen LogP contribution in [0.5, 0.6) is 5.75 Å². The Bertz CT molecular complexity index is 1200. The highest BCUT2D eigenvalue weighted by atomic mass is 32.2. The van der Waals surface area contributed by atoms with Crippen LogP contribution >= 0.6 is 0 Å². The summed E-state index contributed by atoms with van der Waals surface area (Å²) in [5, 5.41) is 12.4. The molecule has 210 valence electrons. The van der Waals surface area contributed by atoms with Crippen molar-refractivity contribution in [2.24, 2.45) is 16.7 Å². The second kappa shape index (κ2) is 9.93. The van der Waals surface area contributed by atoms with E-state index in [1.165, 1.54) is 4.31 Å². The first kappa shape index (κ1) is 28.5. The van der Waals surface area contributed by atoms with Gasteiger partial charge in [0.1, 0.15) is 29.2 Å². The van der Waals surface area contributed by atoms with Gasteiger partial charge in [0, 0.05) is 24.8 Å². The molecule has 1 heterocycles. The number of nitrogens with zero attached hydrogens (tertiary/aromatic N) is 1. The lowest BCUT2D eigenvalue weighted by molar-refractivity contribution is -0.142. The minimum atomic E-state index is -3.93. The van der Waals surface area contributed by atoms with Gasteiger partial charge in [-0.1, -0.05) is 26.0 Å². The summed E-state index contributed by atoms with van der Waals surface area (Å²) >= 11 is 0. The maximum atomic E-state index is 13.6. The first-order chi connectivity index (χ1) is 17.6. The van der Waals surface area contributed by atoms with Gasteiger partial charge in [-0.05, 0) is 75.5 Å². The molecule has 2 N–H and O–H groups in total. The summed E-state index contributed by atoms with van der Waals surface area (Å²) in [4.78, 5) is 38.2. The van der Waals surface area contributed by atoms with Gasteiger partial charge >= 0.3 is 5.97 Å². The topological polar surface area (TPSA) is 130 Å². The van der Waals surface area contributed by atoms with E-state index in [-0.39, 0.29) is 36.0 Å². The Morgan fingerprint density at radius 2 is 1.84 bits per heavy atom. The predicted octanol–water partition coefficient (Wildman–Crippen LogP) is 3.17. The number of sulfonamides is 1. The largest absolute Gasteiger partial charge is 0.488 e. The number of carboxylic acid groups (broad SMARTS) is 1. The van der Waals surface area contributed by atoms with Crippen molar-refractivity contribution in [1.82, 2.24) is 9.62 Å². The average molecular weight is 549 g/mol. The average Bonchev–Trinajstić information content (AvgIpc) is 3.43. The molecule has 0 aromatic heterocycles. The van der Waals surface area contributed by atoms with E-state index < -0.39 is 44.8 Å². The Morgan fingerprint density at radius 3 is 2.37 bits per heavy atom. The number of fused-ring (bicyclic) bond motifs is 2. The zero-order chi connectivity index (χ0) is 28.1. The molecule has 2 aliphatic carbocycles. The number of carbonyl (C=O) groups excluding carboxylic acids is 2. The fraction of sp³-hybridized carbons (Fsp3) is 0.679. The minimum Gasteiger partial charge on any atom is -0.488 e. The van der Waals surface area contributed by atoms with E-state index in [0.717, 1.165) is 6.42 Å². The van der Waals surface area contributed by atoms with Crippen LogP contribution in [0.15, 0.2) is 24.3 Å². The highest BCUT2D eigenvalue weighted by Crippen LogP contribution is 2.64. The molecule has 2 saturated carbocycles. The lowest BCUT2D eigenvalue weighted by atomic mass is 9.70. The molecule has 38 heavy (non-hydrogen) atoms. The molecule has 1 aromatic rings. The quantitative estimate of drug-likeness (QED) is 0.485. The number of carboxylic acids is 1. The molecule has 1 aliphatic heterocycles. The fourth-order valence-corrected chi connectivity index (χ4v) is 9.05. The summed E-state index contributed by atoms with van der Waals surface area (Å²) in [6.45, 7) is 9.94. The number of amides is 1. The van der Waals surface area contributed by atoms with Crippen LogP contribution in [-0.4, -0.2) is 65.5 Å². The number of ketones is 1. The van der Waals surface area contributed by atoms with Crippen LogP contribution in [0.2, 0.25) is 0 Å². The SMILES string of the molecule is CC(C)(C)Oc1ccc(C[C@H](NC(=O)[C@@H]2CCCN2S(=O)(=O)C[C@]23CCC(CC2=O)C3(C)C)C(=O)O)cc1. The molecule has 0 spiro atoms. The van der Waals surface area contributed by atoms with Crippen LogP contribution in [0.4, 0.5) is 0 Å². The maximum absolute atomic E-state index is 13.6. The summed E-state index contributed by atoms with van der Waals surface area (Å²) < 4.78 is 34.3. The van der Waals surface area contributed by atoms with Crippen molar-refractivity contribution < 1.29 is 32.6 Å². The molecule has 3 fully saturated rings. The molecule has 0 radical (unpaired) electrons. The van der Waals surface area contributed by atoms with Crippen molar-refractivity contribution in [2.75, 3.05) is 12.3 Å². The van der Waals surface area contributed by atoms with Gasteiger partial charge in [0.15, 0.2) is 0 Å². The van der Waals surface area contributed by atoms with Gasteiger partial charge in [0.2, 0.25) is 15.9 Å². The smallest absolute Gasteiger partial charge is 0.326 e. The Morgan fingerprint density at radius 1 is 1.18 bits per heavy atom. The first-order valence-corrected chi connectivity index (χ1v) is 15.0. The molecular formula is C28H40N2O7S. The van der Waals surface area contributed by atoms with E-state index >= 15 is 0 Å². The summed E-state index contributed by atoms with van der Waals surface area (Å²) in [6.07, 6.45) is 2.65. The molecule has 2 bridgehead atoms. The monoisotopic (exact) mass is 548 g/mol. The Hall–Kier alpha value is -2.46. The summed E-state index contributed by atoms with van der Waals surface area (Å²) in [5.74, 6) is -1.26. The second-order valence-corrected chi connectivity index (χ2v) is 14.6. The second-order valence-electron chi connectivity index (χ2n) is 12.7. The van der Waals surface area contributed by atoms with Crippen LogP contribution in [0.25, 0.3) is 0 Å². The third-order valence-corrected chi connectivity index (χ3v) is 10.8. The molecule has 1 saturated heterocycles. The molecule has 4 atom stereocenters. The lowest BCUT2D eigenvalue weighted by Crippen LogP contribution is -2.53. The number of aliphatic carboxylic acids is 1. The molecule has 1 amide bonds. The van der Waals surface area contributed by atoms with E-state index in [2.05, 4.69) is 5.32 Å². The van der Waals surface area contributed by atoms with Gasteiger partial charge < -0.3 is 15.2 Å². The number of hydrogen-bond acceptors (Lipinski definition) is 6. The number of ether oxygens (including phenoxy) is 1. The van der Waals surface area contributed by atoms with Crippen molar-refractivity contribution in [1.29, 1.82) is 0 Å². The highest BCUT2D eigenvalue weighted by Gasteiger charge is 2.66. The number of carbonyl (C=O) groups is 3. The van der Waals surface area contributed by atoms with E-state index in [1.807, 2.05) is 34.6 Å². The molecule has 10 heteroatoms. The number of nitrogens with one attached hydrogen (secondary N) is 1. The van der Waals surface area contributed by atoms with E-state index in [4.69, 9.17) is 4.74 Å². The van der Waals surface area contributed by atoms with Crippen LogP contribution in [0.1, 0.15) is 72.3 Å². The first-order valence-electron chi connectivity index (χ1n) is 13.4. The summed E-state index contributed by atoms with van der Waals surface area (Å²) in [7, 11) is -3.93. The molecule has 4 rings (SSSR count). The maximum Gasteiger partial charge on any atom is 0.326 e. The molecule has 1 aromatic carbocycles. The summed E-state index contributed by atoms with van der Waals surface area (Å²) in [6, 6.07) is 4.81. The van der Waals surface area contributed by atoms with Crippen LogP contribution in [0.3, 0.4) is 0 Å². The highest BCUT2D eigenvalue weighted by molar-refractivity contribution is 7.89. The van der Waals surface area contributed by atoms with Crippen molar-refractivity contribution in [3.8, 4) is 5.75 Å². The minimum absolute atomic E-state index is 0.00684. The normalized spacial score (nSPS) is 27.9. The Balaban J connectivity index is 1.45. The summed E-state index contributed by atoms with van der Waals surface area (Å²) in [5.41, 5.74) is -0.998. The molecule has 1 unspecified atom stereocenters. The molecule has 9 nitrogen and oxygen atoms in total. The van der Waals surface area contributed by atoms with Gasteiger partial charge in [-0.15, -0.1) is 0 Å². The van der Waals surface area contributed by atoms with Gasteiger partial charge in [0.05, 0.1) is 5.75 Å². The third-order valence-electron chi connectivity index (χ3n) is 8.83. The van der Waals surface area contributed by atoms with Crippen LogP contribution < -0.4 is 10.1 Å². The standard InChI is InChI=1S/C28H40N2O7S/c1-26(2,3)37-20-10-8-18(9-11-20)15-21(25(33)34)29-24(32)22-7-6-14-30(22)38(35,36)17-28-13-12-19(16-23(28)31)27(28,4)5/h8-11,19,21-22H,6-7,12-17H2,1-5H3,(H,29,32)(H,33,34)/t19?,21-,22-,28+/m0/s1. The number of benzene rings is 1. The number of hydrogen-bond donors (Lipinski definition) is 2. The van der Waals surface area contributed by atoms with Gasteiger partial charge in [0.25, 0.3) is 0 Å². The zero-order valence-electron chi connectivity index (χ0n) is 23.0. The van der Waals surface area contributed by atoms with Crippen LogP contribution in [-0.2, 0) is 30.8 Å². The van der Waals surface area contributed by atoms with Crippen molar-refractivity contribution in [2.45, 2.75) is 90.8 Å². The van der Waals surface area contributed by atoms with Crippen LogP contribution in [0, 0.1) is 16.7 Å². The van der Waals surface area contributed by atoms with Gasteiger partial charge in [-0.3, -0.25) is 9.59 Å². The van der Waals surface area contributed by atoms with Crippen molar-refractivity contribution in [3.05, 3.63) is 29.8 Å². The number of Topliss-reactive ketones (excluding diaryl/α,β-unsaturated/α-hetero) is 1. The van der Waals surface area contributed by atoms with Gasteiger partial charge in [-0.2, -0.15) is 4.31 Å². The molecule has 3 aliphatic rings. The zero-order valence-corrected chi connectivity index (χ0v) is 23.8. The molecular weight excluding hydrogens is 508 g/mol. The fourth-order valence-electron chi connectivity index (χ4n) is 6.59. The number of rotatable bonds is 9. The van der Waals surface area contributed by atoms with E-state index in [1.54, 1.807) is 24.3 Å². The lowest BCUT2D eigenvalue weighted by Gasteiger charge is -2.37. The Kier molecular flexibility index (Phi) is 7.46. The third kappa shape index (κ3) is 5.34. The Labute approximate surface area is 225 Å².